The van der Waals surface area contributed by atoms with Crippen LogP contribution in [-0.2, 0) is 4.74 Å². The molecule has 0 saturated heterocycles. The lowest BCUT2D eigenvalue weighted by atomic mass is 10.3. The Morgan fingerprint density at radius 3 is 2.10 bits per heavy atom. The van der Waals surface area contributed by atoms with E-state index in [0.717, 1.165) is 12.0 Å². The summed E-state index contributed by atoms with van der Waals surface area (Å²) in [6.45, 7) is 11.8. The molecule has 0 amide bonds. The molecule has 0 fully saturated rings. The van der Waals surface area contributed by atoms with E-state index in [4.69, 9.17) is 4.74 Å². The molecule has 0 heterocycles. The highest BCUT2D eigenvalue weighted by Crippen LogP contribution is 1.93. The van der Waals surface area contributed by atoms with Crippen LogP contribution in [0.15, 0.2) is 24.8 Å². The minimum Gasteiger partial charge on any atom is -0.380 e. The van der Waals surface area contributed by atoms with Crippen LogP contribution in [0.3, 0.4) is 0 Å². The van der Waals surface area contributed by atoms with E-state index in [1.807, 2.05) is 6.92 Å². The average Bonchev–Trinajstić information content (AvgIpc) is 1.90. The number of methoxy groups -OCH3 is 1. The first-order chi connectivity index (χ1) is 4.72. The fourth-order valence-electron chi connectivity index (χ4n) is 0.306. The predicted molar refractivity (Wildman–Crippen MR) is 47.2 cm³/mol. The largest absolute Gasteiger partial charge is 0.380 e. The van der Waals surface area contributed by atoms with Crippen molar-refractivity contribution in [1.82, 2.24) is 0 Å². The SMILES string of the molecule is C=C(CC)COC.C=CC. The summed E-state index contributed by atoms with van der Waals surface area (Å²) < 4.78 is 4.79. The van der Waals surface area contributed by atoms with Crippen LogP contribution in [0.1, 0.15) is 20.3 Å². The van der Waals surface area contributed by atoms with Crippen molar-refractivity contribution in [3.8, 4) is 0 Å². The zero-order valence-electron chi connectivity index (χ0n) is 7.31. The number of hydrogen-bond donors (Lipinski definition) is 0. The van der Waals surface area contributed by atoms with E-state index in [-0.39, 0.29) is 0 Å². The van der Waals surface area contributed by atoms with Crippen LogP contribution in [0.25, 0.3) is 0 Å². The van der Waals surface area contributed by atoms with Crippen molar-refractivity contribution in [1.29, 1.82) is 0 Å². The predicted octanol–water partition coefficient (Wildman–Crippen LogP) is 2.79. The highest BCUT2D eigenvalue weighted by Gasteiger charge is 1.83. The molecule has 1 heteroatoms. The van der Waals surface area contributed by atoms with Crippen LogP contribution in [0, 0.1) is 0 Å². The van der Waals surface area contributed by atoms with Gasteiger partial charge in [-0.1, -0.05) is 25.2 Å². The fourth-order valence-corrected chi connectivity index (χ4v) is 0.306. The number of hydrogen-bond acceptors (Lipinski definition) is 1. The van der Waals surface area contributed by atoms with E-state index in [2.05, 4.69) is 20.1 Å². The summed E-state index contributed by atoms with van der Waals surface area (Å²) in [6.07, 6.45) is 2.77. The quantitative estimate of drug-likeness (QED) is 0.550. The lowest BCUT2D eigenvalue weighted by Crippen LogP contribution is -1.89. The van der Waals surface area contributed by atoms with Crippen molar-refractivity contribution in [2.75, 3.05) is 13.7 Å². The maximum atomic E-state index is 4.79. The molecule has 1 nitrogen and oxygen atoms in total. The van der Waals surface area contributed by atoms with Crippen molar-refractivity contribution in [2.45, 2.75) is 20.3 Å². The monoisotopic (exact) mass is 142 g/mol. The Morgan fingerprint density at radius 2 is 2.00 bits per heavy atom. The van der Waals surface area contributed by atoms with Gasteiger partial charge in [-0.3, -0.25) is 0 Å². The van der Waals surface area contributed by atoms with Gasteiger partial charge in [0.05, 0.1) is 6.61 Å². The molecule has 0 spiro atoms. The van der Waals surface area contributed by atoms with E-state index < -0.39 is 0 Å². The van der Waals surface area contributed by atoms with Crippen molar-refractivity contribution in [3.05, 3.63) is 24.8 Å². The molecule has 0 aromatic heterocycles. The van der Waals surface area contributed by atoms with Gasteiger partial charge in [-0.15, -0.1) is 6.58 Å². The molecule has 0 rings (SSSR count). The van der Waals surface area contributed by atoms with Crippen LogP contribution in [0.2, 0.25) is 0 Å². The van der Waals surface area contributed by atoms with Crippen LogP contribution in [0.5, 0.6) is 0 Å². The third-order valence-corrected chi connectivity index (χ3v) is 0.848. The normalized spacial score (nSPS) is 7.50. The first-order valence-electron chi connectivity index (χ1n) is 3.45. The van der Waals surface area contributed by atoms with Gasteiger partial charge in [-0.25, -0.2) is 0 Å². The Balaban J connectivity index is 0. The molecule has 60 valence electrons. The topological polar surface area (TPSA) is 9.23 Å². The summed E-state index contributed by atoms with van der Waals surface area (Å²) in [7, 11) is 1.68. The van der Waals surface area contributed by atoms with Crippen LogP contribution in [0.4, 0.5) is 0 Å². The Bertz CT molecular complexity index is 84.7. The molecule has 0 atom stereocenters. The third-order valence-electron chi connectivity index (χ3n) is 0.848. The Morgan fingerprint density at radius 1 is 1.60 bits per heavy atom. The molecule has 0 aliphatic heterocycles. The highest BCUT2D eigenvalue weighted by atomic mass is 16.5. The second kappa shape index (κ2) is 11.3. The molecule has 0 aliphatic carbocycles. The van der Waals surface area contributed by atoms with E-state index in [1.54, 1.807) is 13.2 Å². The lowest BCUT2D eigenvalue weighted by Gasteiger charge is -1.95. The summed E-state index contributed by atoms with van der Waals surface area (Å²) in [5.74, 6) is 0. The standard InChI is InChI=1S/C6H12O.C3H6/c1-4-6(2)5-7-3;1-3-2/h2,4-5H2,1,3H3;3H,1H2,2H3. The second-order valence-electron chi connectivity index (χ2n) is 1.94. The molecule has 0 radical (unpaired) electrons. The van der Waals surface area contributed by atoms with Crippen LogP contribution >= 0.6 is 0 Å². The second-order valence-corrected chi connectivity index (χ2v) is 1.94. The van der Waals surface area contributed by atoms with Gasteiger partial charge < -0.3 is 4.74 Å². The molecule has 0 aromatic rings. The van der Waals surface area contributed by atoms with Gasteiger partial charge >= 0.3 is 0 Å². The smallest absolute Gasteiger partial charge is 0.0670 e. The number of allylic oxidation sites excluding steroid dienone is 1. The Labute approximate surface area is 64.4 Å². The molecule has 0 saturated carbocycles. The van der Waals surface area contributed by atoms with Gasteiger partial charge in [0, 0.05) is 7.11 Å². The van der Waals surface area contributed by atoms with Gasteiger partial charge in [-0.2, -0.15) is 0 Å². The molecule has 0 unspecified atom stereocenters. The fraction of sp³-hybridized carbons (Fsp3) is 0.556. The van der Waals surface area contributed by atoms with Gasteiger partial charge in [0.15, 0.2) is 0 Å². The summed E-state index contributed by atoms with van der Waals surface area (Å²) in [4.78, 5) is 0. The third kappa shape index (κ3) is 15.7. The minimum absolute atomic E-state index is 0.705. The van der Waals surface area contributed by atoms with E-state index in [1.165, 1.54) is 0 Å². The summed E-state index contributed by atoms with van der Waals surface area (Å²) in [5.41, 5.74) is 1.16. The molecule has 0 N–H and O–H groups in total. The Kier molecular flexibility index (Phi) is 13.7. The zero-order chi connectivity index (χ0) is 8.41. The summed E-state index contributed by atoms with van der Waals surface area (Å²) >= 11 is 0. The van der Waals surface area contributed by atoms with E-state index in [0.29, 0.717) is 6.61 Å². The maximum Gasteiger partial charge on any atom is 0.0670 e. The number of rotatable bonds is 3. The minimum atomic E-state index is 0.705. The van der Waals surface area contributed by atoms with E-state index >= 15 is 0 Å². The maximum absolute atomic E-state index is 4.79. The molecule has 0 aliphatic rings. The first kappa shape index (κ1) is 12.1. The van der Waals surface area contributed by atoms with Crippen LogP contribution < -0.4 is 0 Å². The average molecular weight is 142 g/mol. The Hall–Kier alpha value is -0.560. The molecule has 0 aromatic carbocycles. The summed E-state index contributed by atoms with van der Waals surface area (Å²) in [6, 6.07) is 0. The van der Waals surface area contributed by atoms with Crippen molar-refractivity contribution in [3.63, 3.8) is 0 Å². The molecular weight excluding hydrogens is 124 g/mol. The van der Waals surface area contributed by atoms with Crippen LogP contribution in [-0.4, -0.2) is 13.7 Å². The lowest BCUT2D eigenvalue weighted by molar-refractivity contribution is 0.224. The van der Waals surface area contributed by atoms with E-state index in [9.17, 15) is 0 Å². The zero-order valence-corrected chi connectivity index (χ0v) is 7.31. The van der Waals surface area contributed by atoms with Gasteiger partial charge in [0.1, 0.15) is 0 Å². The summed E-state index contributed by atoms with van der Waals surface area (Å²) in [5, 5.41) is 0. The number of ether oxygens (including phenoxy) is 1. The highest BCUT2D eigenvalue weighted by molar-refractivity contribution is 4.91. The molecule has 0 bridgehead atoms. The van der Waals surface area contributed by atoms with Gasteiger partial charge in [0.25, 0.3) is 0 Å². The first-order valence-corrected chi connectivity index (χ1v) is 3.45. The molecule has 10 heavy (non-hydrogen) atoms. The van der Waals surface area contributed by atoms with Gasteiger partial charge in [0.2, 0.25) is 0 Å². The van der Waals surface area contributed by atoms with Crippen molar-refractivity contribution < 1.29 is 4.74 Å². The van der Waals surface area contributed by atoms with Crippen molar-refractivity contribution in [2.24, 2.45) is 0 Å². The van der Waals surface area contributed by atoms with Crippen molar-refractivity contribution >= 4 is 0 Å². The van der Waals surface area contributed by atoms with Gasteiger partial charge in [-0.05, 0) is 13.3 Å². The molecular formula is C9H18O.